The van der Waals surface area contributed by atoms with Crippen molar-refractivity contribution < 1.29 is 9.32 Å². The van der Waals surface area contributed by atoms with Crippen molar-refractivity contribution in [3.05, 3.63) is 77.4 Å². The molecule has 0 aliphatic carbocycles. The first kappa shape index (κ1) is 23.0. The Balaban J connectivity index is 1.25. The summed E-state index contributed by atoms with van der Waals surface area (Å²) in [7, 11) is 0. The number of rotatable bonds is 9. The zero-order valence-electron chi connectivity index (χ0n) is 19.5. The van der Waals surface area contributed by atoms with E-state index in [4.69, 9.17) is 4.52 Å². The second-order valence-corrected chi connectivity index (χ2v) is 8.85. The molecule has 1 aliphatic rings. The molecule has 1 fully saturated rings. The molecule has 4 rings (SSSR count). The second-order valence-electron chi connectivity index (χ2n) is 8.85. The Morgan fingerprint density at radius 3 is 2.39 bits per heavy atom. The van der Waals surface area contributed by atoms with Crippen LogP contribution in [-0.4, -0.2) is 47.1 Å². The van der Waals surface area contributed by atoms with E-state index >= 15 is 0 Å². The lowest BCUT2D eigenvalue weighted by atomic mass is 10.1. The van der Waals surface area contributed by atoms with Crippen molar-refractivity contribution in [1.29, 1.82) is 0 Å². The van der Waals surface area contributed by atoms with Crippen LogP contribution in [0.3, 0.4) is 0 Å². The largest absolute Gasteiger partial charge is 0.369 e. The number of aryl methyl sites for hydroxylation is 1. The average molecular weight is 448 g/mol. The summed E-state index contributed by atoms with van der Waals surface area (Å²) in [5.41, 5.74) is 3.72. The van der Waals surface area contributed by atoms with Crippen LogP contribution >= 0.6 is 0 Å². The molecule has 0 saturated carbocycles. The molecule has 1 aromatic heterocycles. The van der Waals surface area contributed by atoms with Crippen LogP contribution in [0.2, 0.25) is 0 Å². The van der Waals surface area contributed by atoms with Gasteiger partial charge in [-0.15, -0.1) is 0 Å². The molecule has 1 amide bonds. The molecule has 0 spiro atoms. The lowest BCUT2D eigenvalue weighted by Crippen LogP contribution is -2.46. The highest BCUT2D eigenvalue weighted by Gasteiger charge is 2.18. The maximum absolute atomic E-state index is 12.4. The molecule has 0 radical (unpaired) electrons. The Bertz CT molecular complexity index is 1030. The van der Waals surface area contributed by atoms with Crippen LogP contribution in [0.5, 0.6) is 0 Å². The van der Waals surface area contributed by atoms with E-state index in [0.29, 0.717) is 31.1 Å². The summed E-state index contributed by atoms with van der Waals surface area (Å²) in [4.78, 5) is 21.7. The average Bonchev–Trinajstić information content (AvgIpc) is 3.33. The van der Waals surface area contributed by atoms with Crippen molar-refractivity contribution in [2.45, 2.75) is 45.7 Å². The number of hydrogen-bond donors (Lipinski definition) is 1. The SMILES string of the molecule is CC(C)c1noc(CCC(=O)NCc2ccccc2CN2CCN(c3ccccc3)CC2)n1. The molecule has 7 heteroatoms. The molecular weight excluding hydrogens is 414 g/mol. The second kappa shape index (κ2) is 11.1. The van der Waals surface area contributed by atoms with Gasteiger partial charge in [-0.05, 0) is 23.3 Å². The molecule has 33 heavy (non-hydrogen) atoms. The Labute approximate surface area is 195 Å². The van der Waals surface area contributed by atoms with E-state index in [-0.39, 0.29) is 11.8 Å². The maximum atomic E-state index is 12.4. The van der Waals surface area contributed by atoms with Gasteiger partial charge < -0.3 is 14.7 Å². The Hall–Kier alpha value is -3.19. The molecule has 7 nitrogen and oxygen atoms in total. The van der Waals surface area contributed by atoms with Crippen LogP contribution in [0.25, 0.3) is 0 Å². The maximum Gasteiger partial charge on any atom is 0.227 e. The minimum absolute atomic E-state index is 0.00873. The summed E-state index contributed by atoms with van der Waals surface area (Å²) < 4.78 is 5.23. The topological polar surface area (TPSA) is 74.5 Å². The van der Waals surface area contributed by atoms with Gasteiger partial charge >= 0.3 is 0 Å². The van der Waals surface area contributed by atoms with Crippen LogP contribution in [-0.2, 0) is 24.3 Å². The summed E-state index contributed by atoms with van der Waals surface area (Å²) in [6, 6.07) is 19.0. The first-order valence-electron chi connectivity index (χ1n) is 11.8. The van der Waals surface area contributed by atoms with Gasteiger partial charge in [0.2, 0.25) is 11.8 Å². The fraction of sp³-hybridized carbons (Fsp3) is 0.423. The fourth-order valence-corrected chi connectivity index (χ4v) is 4.03. The predicted octanol–water partition coefficient (Wildman–Crippen LogP) is 3.76. The third-order valence-corrected chi connectivity index (χ3v) is 6.05. The van der Waals surface area contributed by atoms with E-state index in [2.05, 4.69) is 73.8 Å². The molecule has 2 aromatic carbocycles. The molecule has 2 heterocycles. The van der Waals surface area contributed by atoms with Crippen LogP contribution in [0.4, 0.5) is 5.69 Å². The number of nitrogens with one attached hydrogen (secondary N) is 1. The zero-order chi connectivity index (χ0) is 23.0. The quantitative estimate of drug-likeness (QED) is 0.538. The highest BCUT2D eigenvalue weighted by atomic mass is 16.5. The molecule has 1 saturated heterocycles. The summed E-state index contributed by atoms with van der Waals surface area (Å²) >= 11 is 0. The molecule has 1 N–H and O–H groups in total. The van der Waals surface area contributed by atoms with E-state index in [1.54, 1.807) is 0 Å². The first-order chi connectivity index (χ1) is 16.1. The van der Waals surface area contributed by atoms with E-state index < -0.39 is 0 Å². The van der Waals surface area contributed by atoms with Crippen LogP contribution in [0, 0.1) is 0 Å². The zero-order valence-corrected chi connectivity index (χ0v) is 19.5. The van der Waals surface area contributed by atoms with E-state index in [1.807, 2.05) is 19.9 Å². The minimum Gasteiger partial charge on any atom is -0.369 e. The number of nitrogens with zero attached hydrogens (tertiary/aromatic N) is 4. The van der Waals surface area contributed by atoms with Gasteiger partial charge in [-0.2, -0.15) is 4.98 Å². The first-order valence-corrected chi connectivity index (χ1v) is 11.8. The van der Waals surface area contributed by atoms with Crippen molar-refractivity contribution in [2.75, 3.05) is 31.1 Å². The van der Waals surface area contributed by atoms with Gasteiger partial charge in [-0.1, -0.05) is 61.5 Å². The standard InChI is InChI=1S/C26H33N5O2/c1-20(2)26-28-25(33-29-26)13-12-24(32)27-18-21-8-6-7-9-22(21)19-30-14-16-31(17-15-30)23-10-4-3-5-11-23/h3-11,20H,12-19H2,1-2H3,(H,27,32). The number of piperazine rings is 1. The van der Waals surface area contributed by atoms with Gasteiger partial charge in [0.25, 0.3) is 0 Å². The van der Waals surface area contributed by atoms with Gasteiger partial charge in [0.05, 0.1) is 0 Å². The molecule has 0 atom stereocenters. The highest BCUT2D eigenvalue weighted by Crippen LogP contribution is 2.18. The molecule has 0 unspecified atom stereocenters. The van der Waals surface area contributed by atoms with Crippen molar-refractivity contribution in [3.63, 3.8) is 0 Å². The number of benzene rings is 2. The number of hydrogen-bond acceptors (Lipinski definition) is 6. The molecule has 0 bridgehead atoms. The third-order valence-electron chi connectivity index (χ3n) is 6.05. The minimum atomic E-state index is -0.00873. The third kappa shape index (κ3) is 6.42. The summed E-state index contributed by atoms with van der Waals surface area (Å²) in [5, 5.41) is 7.00. The Morgan fingerprint density at radius 2 is 1.70 bits per heavy atom. The molecule has 174 valence electrons. The van der Waals surface area contributed by atoms with Crippen LogP contribution in [0.1, 0.15) is 49.0 Å². The fourth-order valence-electron chi connectivity index (χ4n) is 4.03. The lowest BCUT2D eigenvalue weighted by molar-refractivity contribution is -0.121. The van der Waals surface area contributed by atoms with Crippen molar-refractivity contribution >= 4 is 11.6 Å². The molecule has 1 aliphatic heterocycles. The van der Waals surface area contributed by atoms with Crippen molar-refractivity contribution in [3.8, 4) is 0 Å². The highest BCUT2D eigenvalue weighted by molar-refractivity contribution is 5.76. The van der Waals surface area contributed by atoms with Crippen molar-refractivity contribution in [1.82, 2.24) is 20.4 Å². The van der Waals surface area contributed by atoms with Crippen LogP contribution in [0.15, 0.2) is 59.1 Å². The Kier molecular flexibility index (Phi) is 7.73. The lowest BCUT2D eigenvalue weighted by Gasteiger charge is -2.36. The smallest absolute Gasteiger partial charge is 0.227 e. The summed E-state index contributed by atoms with van der Waals surface area (Å²) in [6.07, 6.45) is 0.794. The number of anilines is 1. The molecule has 3 aromatic rings. The van der Waals surface area contributed by atoms with Gasteiger partial charge in [0, 0.05) is 63.7 Å². The van der Waals surface area contributed by atoms with Gasteiger partial charge in [-0.25, -0.2) is 0 Å². The molecular formula is C26H33N5O2. The normalized spacial score (nSPS) is 14.6. The number of amides is 1. The van der Waals surface area contributed by atoms with Gasteiger partial charge in [-0.3, -0.25) is 9.69 Å². The van der Waals surface area contributed by atoms with E-state index in [9.17, 15) is 4.79 Å². The number of carbonyl (C=O) groups excluding carboxylic acids is 1. The van der Waals surface area contributed by atoms with Crippen LogP contribution < -0.4 is 10.2 Å². The monoisotopic (exact) mass is 447 g/mol. The summed E-state index contributed by atoms with van der Waals surface area (Å²) in [6.45, 7) is 9.56. The van der Waals surface area contributed by atoms with E-state index in [0.717, 1.165) is 38.3 Å². The number of aromatic nitrogens is 2. The predicted molar refractivity (Wildman–Crippen MR) is 129 cm³/mol. The summed E-state index contributed by atoms with van der Waals surface area (Å²) in [5.74, 6) is 1.41. The van der Waals surface area contributed by atoms with Gasteiger partial charge in [0.1, 0.15) is 0 Å². The number of para-hydroxylation sites is 1. The van der Waals surface area contributed by atoms with Gasteiger partial charge in [0.15, 0.2) is 5.82 Å². The Morgan fingerprint density at radius 1 is 1.00 bits per heavy atom. The van der Waals surface area contributed by atoms with Crippen molar-refractivity contribution in [2.24, 2.45) is 0 Å². The number of carbonyl (C=O) groups is 1. The van der Waals surface area contributed by atoms with E-state index in [1.165, 1.54) is 11.3 Å².